The molecule has 4 N–H and O–H groups in total. The van der Waals surface area contributed by atoms with E-state index in [4.69, 9.17) is 11.5 Å². The van der Waals surface area contributed by atoms with Gasteiger partial charge in [0.2, 0.25) is 0 Å². The average molecular weight is 385 g/mol. The lowest BCUT2D eigenvalue weighted by Crippen LogP contribution is -2.51. The maximum absolute atomic E-state index is 14.0. The molecule has 19 heavy (non-hydrogen) atoms. The van der Waals surface area contributed by atoms with Gasteiger partial charge in [-0.1, -0.05) is 0 Å². The molecule has 1 aliphatic rings. The summed E-state index contributed by atoms with van der Waals surface area (Å²) < 4.78 is 47.0. The van der Waals surface area contributed by atoms with Crippen molar-refractivity contribution in [2.75, 3.05) is 12.3 Å². The monoisotopic (exact) mass is 385 g/mol. The summed E-state index contributed by atoms with van der Waals surface area (Å²) in [5.74, 6) is -4.20. The van der Waals surface area contributed by atoms with Crippen LogP contribution in [0.2, 0.25) is 0 Å². The Labute approximate surface area is 121 Å². The fourth-order valence-corrected chi connectivity index (χ4v) is 2.26. The molecule has 1 aromatic carbocycles. The second kappa shape index (κ2) is 4.43. The minimum atomic E-state index is -3.39. The second-order valence-corrected chi connectivity index (χ2v) is 5.53. The molecular weight excluding hydrogens is 374 g/mol. The van der Waals surface area contributed by atoms with Crippen molar-refractivity contribution in [3.05, 3.63) is 27.1 Å². The molecule has 0 bridgehead atoms. The molecule has 0 saturated heterocycles. The van der Waals surface area contributed by atoms with Gasteiger partial charge in [0.1, 0.15) is 5.82 Å². The van der Waals surface area contributed by atoms with Gasteiger partial charge in [0, 0.05) is 14.8 Å². The maximum Gasteiger partial charge on any atom is 0.310 e. The Hall–Kier alpha value is -1.19. The van der Waals surface area contributed by atoms with Gasteiger partial charge in [-0.15, -0.1) is 0 Å². The van der Waals surface area contributed by atoms with Crippen molar-refractivity contribution in [1.82, 2.24) is 0 Å². The van der Waals surface area contributed by atoms with Gasteiger partial charge in [0.25, 0.3) is 6.02 Å². The number of nitrogens with two attached hydrogens (primary N) is 2. The lowest BCUT2D eigenvalue weighted by Gasteiger charge is -2.37. The predicted octanol–water partition coefficient (Wildman–Crippen LogP) is 2.21. The summed E-state index contributed by atoms with van der Waals surface area (Å²) >= 11 is 1.82. The predicted molar refractivity (Wildman–Crippen MR) is 73.4 cm³/mol. The molecule has 2 rings (SSSR count). The highest BCUT2D eigenvalue weighted by atomic mass is 127. The van der Waals surface area contributed by atoms with Crippen LogP contribution < -0.4 is 11.5 Å². The Kier molecular flexibility index (Phi) is 3.31. The number of benzene rings is 1. The number of hydrogen-bond donors (Lipinski definition) is 2. The summed E-state index contributed by atoms with van der Waals surface area (Å²) in [7, 11) is 0. The number of alkyl halides is 2. The lowest BCUT2D eigenvalue weighted by atomic mass is 9.85. The first-order chi connectivity index (χ1) is 8.67. The van der Waals surface area contributed by atoms with Crippen LogP contribution in [0.25, 0.3) is 0 Å². The maximum atomic E-state index is 14.0. The minimum Gasteiger partial charge on any atom is -0.459 e. The number of nitrogens with zero attached hydrogens (tertiary/aromatic N) is 1. The van der Waals surface area contributed by atoms with E-state index in [1.54, 1.807) is 0 Å². The van der Waals surface area contributed by atoms with Crippen LogP contribution in [-0.4, -0.2) is 18.6 Å². The molecule has 0 amide bonds. The molecule has 0 fully saturated rings. The zero-order valence-corrected chi connectivity index (χ0v) is 12.0. The molecule has 0 unspecified atom stereocenters. The van der Waals surface area contributed by atoms with Crippen molar-refractivity contribution in [2.24, 2.45) is 10.7 Å². The number of hydrogen-bond acceptors (Lipinski definition) is 4. The van der Waals surface area contributed by atoms with Crippen LogP contribution in [-0.2, 0) is 10.3 Å². The zero-order chi connectivity index (χ0) is 14.4. The Morgan fingerprint density at radius 1 is 1.37 bits per heavy atom. The highest BCUT2D eigenvalue weighted by Gasteiger charge is 2.56. The zero-order valence-electron chi connectivity index (χ0n) is 9.88. The van der Waals surface area contributed by atoms with Gasteiger partial charge in [-0.2, -0.15) is 8.78 Å². The molecule has 0 saturated carbocycles. The first-order valence-corrected chi connectivity index (χ1v) is 6.36. The van der Waals surface area contributed by atoms with Gasteiger partial charge in [0.05, 0.1) is 0 Å². The third-order valence-corrected chi connectivity index (χ3v) is 3.99. The van der Waals surface area contributed by atoms with E-state index in [0.29, 0.717) is 3.57 Å². The van der Waals surface area contributed by atoms with Crippen molar-refractivity contribution in [1.29, 1.82) is 0 Å². The van der Waals surface area contributed by atoms with Gasteiger partial charge in [-0.3, -0.25) is 0 Å². The molecule has 1 aliphatic heterocycles. The van der Waals surface area contributed by atoms with Crippen molar-refractivity contribution >= 4 is 34.3 Å². The quantitative estimate of drug-likeness (QED) is 0.575. The van der Waals surface area contributed by atoms with E-state index in [2.05, 4.69) is 9.73 Å². The van der Waals surface area contributed by atoms with Crippen molar-refractivity contribution in [3.63, 3.8) is 0 Å². The van der Waals surface area contributed by atoms with Crippen LogP contribution >= 0.6 is 22.6 Å². The van der Waals surface area contributed by atoms with Crippen LogP contribution in [0.4, 0.5) is 18.9 Å². The molecule has 1 aromatic rings. The van der Waals surface area contributed by atoms with E-state index in [1.807, 2.05) is 22.6 Å². The first-order valence-electron chi connectivity index (χ1n) is 5.28. The van der Waals surface area contributed by atoms with E-state index in [-0.39, 0.29) is 11.3 Å². The van der Waals surface area contributed by atoms with Gasteiger partial charge >= 0.3 is 5.92 Å². The van der Waals surface area contributed by atoms with E-state index < -0.39 is 29.9 Å². The summed E-state index contributed by atoms with van der Waals surface area (Å²) in [4.78, 5) is 3.59. The van der Waals surface area contributed by atoms with Crippen molar-refractivity contribution in [3.8, 4) is 0 Å². The summed E-state index contributed by atoms with van der Waals surface area (Å²) in [6.45, 7) is 0.150. The van der Waals surface area contributed by atoms with E-state index in [0.717, 1.165) is 19.1 Å². The number of amidine groups is 1. The van der Waals surface area contributed by atoms with E-state index in [9.17, 15) is 13.2 Å². The van der Waals surface area contributed by atoms with Crippen LogP contribution in [0.5, 0.6) is 0 Å². The third-order valence-electron chi connectivity index (χ3n) is 3.06. The van der Waals surface area contributed by atoms with Gasteiger partial charge in [-0.05, 0) is 41.6 Å². The summed E-state index contributed by atoms with van der Waals surface area (Å²) in [5.41, 5.74) is 8.73. The summed E-state index contributed by atoms with van der Waals surface area (Å²) in [6, 6.07) is 1.85. The largest absolute Gasteiger partial charge is 0.459 e. The minimum absolute atomic E-state index is 0.203. The van der Waals surface area contributed by atoms with Crippen molar-refractivity contribution < 1.29 is 17.9 Å². The topological polar surface area (TPSA) is 73.6 Å². The Morgan fingerprint density at radius 3 is 2.63 bits per heavy atom. The second-order valence-electron chi connectivity index (χ2n) is 4.37. The first kappa shape index (κ1) is 14.2. The summed E-state index contributed by atoms with van der Waals surface area (Å²) in [5, 5.41) is 0. The van der Waals surface area contributed by atoms with Gasteiger partial charge in [-0.25, -0.2) is 9.38 Å². The third kappa shape index (κ3) is 2.21. The van der Waals surface area contributed by atoms with Crippen LogP contribution in [0, 0.1) is 9.39 Å². The Bertz CT molecular complexity index is 564. The molecule has 0 spiro atoms. The SMILES string of the molecule is C[C@]1(c2cc(N)c(I)cc2F)N=C(N)OCC1(F)F. The highest BCUT2D eigenvalue weighted by Crippen LogP contribution is 2.45. The molecule has 0 radical (unpaired) electrons. The van der Waals surface area contributed by atoms with Crippen LogP contribution in [0.1, 0.15) is 12.5 Å². The standard InChI is InChI=1S/C11H11F3IN3O/c1-10(11(13,14)4-19-9(17)18-10)5-2-8(16)7(15)3-6(5)12/h2-3H,4,16H2,1H3,(H2,17,18)/t10-/m1/s1. The van der Waals surface area contributed by atoms with Gasteiger partial charge < -0.3 is 16.2 Å². The fourth-order valence-electron chi connectivity index (χ4n) is 1.84. The van der Waals surface area contributed by atoms with E-state index >= 15 is 0 Å². The molecule has 1 heterocycles. The van der Waals surface area contributed by atoms with Crippen molar-refractivity contribution in [2.45, 2.75) is 18.4 Å². The Balaban J connectivity index is 2.67. The van der Waals surface area contributed by atoms with Gasteiger partial charge in [0.15, 0.2) is 12.1 Å². The van der Waals surface area contributed by atoms with Crippen LogP contribution in [0.3, 0.4) is 0 Å². The average Bonchev–Trinajstić information content (AvgIpc) is 2.29. The molecule has 4 nitrogen and oxygen atoms in total. The molecule has 104 valence electrons. The molecule has 0 aliphatic carbocycles. The molecular formula is C11H11F3IN3O. The smallest absolute Gasteiger partial charge is 0.310 e. The highest BCUT2D eigenvalue weighted by molar-refractivity contribution is 14.1. The number of anilines is 1. The number of rotatable bonds is 1. The molecule has 0 aromatic heterocycles. The number of halogens is 4. The van der Waals surface area contributed by atoms with Crippen LogP contribution in [0.15, 0.2) is 17.1 Å². The number of nitrogen functional groups attached to an aromatic ring is 1. The fraction of sp³-hybridized carbons (Fsp3) is 0.364. The number of ether oxygens (including phenoxy) is 1. The normalized spacial score (nSPS) is 25.6. The lowest BCUT2D eigenvalue weighted by molar-refractivity contribution is -0.117. The summed E-state index contributed by atoms with van der Waals surface area (Å²) in [6.07, 6.45) is 0. The molecule has 8 heteroatoms. The number of aliphatic imine (C=N–C) groups is 1. The Morgan fingerprint density at radius 2 is 2.00 bits per heavy atom. The molecule has 1 atom stereocenters. The van der Waals surface area contributed by atoms with E-state index in [1.165, 1.54) is 0 Å².